The molecule has 4 atom stereocenters. The molecule has 0 bridgehead atoms. The van der Waals surface area contributed by atoms with Crippen molar-refractivity contribution >= 4 is 64.6 Å². The molecule has 3 amide bonds. The minimum absolute atomic E-state index is 0.0428. The molecule has 3 N–H and O–H groups in total. The summed E-state index contributed by atoms with van der Waals surface area (Å²) in [4.78, 5) is 63.8. The van der Waals surface area contributed by atoms with Crippen molar-refractivity contribution in [2.75, 3.05) is 13.2 Å². The summed E-state index contributed by atoms with van der Waals surface area (Å²) in [6, 6.07) is 13.5. The first kappa shape index (κ1) is 42.8. The molecule has 12 nitrogen and oxygen atoms in total. The summed E-state index contributed by atoms with van der Waals surface area (Å²) >= 11 is 17.0. The Morgan fingerprint density at radius 3 is 2.23 bits per heavy atom. The Morgan fingerprint density at radius 2 is 1.62 bits per heavy atom. The highest BCUT2D eigenvalue weighted by molar-refractivity contribution is 6.67. The molecule has 0 spiro atoms. The topological polar surface area (TPSA) is 152 Å². The fourth-order valence-electron chi connectivity index (χ4n) is 5.32. The van der Waals surface area contributed by atoms with Crippen molar-refractivity contribution in [1.82, 2.24) is 21.1 Å². The van der Waals surface area contributed by atoms with Crippen LogP contribution >= 0.6 is 34.8 Å². The summed E-state index contributed by atoms with van der Waals surface area (Å²) in [5, 5.41) is 6.74. The summed E-state index contributed by atoms with van der Waals surface area (Å²) < 4.78 is 14.2. The van der Waals surface area contributed by atoms with Crippen LogP contribution in [0.1, 0.15) is 84.9 Å². The third-order valence-electron chi connectivity index (χ3n) is 7.99. The van der Waals surface area contributed by atoms with Gasteiger partial charge in [-0.1, -0.05) is 91.1 Å². The number of nitrogens with zero attached hydrogens (tertiary/aromatic N) is 1. The molecule has 0 radical (unpaired) electrons. The number of hydrogen-bond donors (Lipinski definition) is 3. The second-order valence-electron chi connectivity index (χ2n) is 14.1. The zero-order valence-corrected chi connectivity index (χ0v) is 32.9. The molecule has 0 saturated carbocycles. The number of halogens is 3. The van der Waals surface area contributed by atoms with Crippen molar-refractivity contribution in [3.8, 4) is 11.1 Å². The van der Waals surface area contributed by atoms with E-state index < -0.39 is 64.0 Å². The summed E-state index contributed by atoms with van der Waals surface area (Å²) in [5.41, 5.74) is 5.99. The number of aryl methyl sites for hydroxylation is 1. The van der Waals surface area contributed by atoms with Crippen molar-refractivity contribution < 1.29 is 38.2 Å². The number of hydrogen-bond acceptors (Lipinski definition) is 9. The number of hydrazine groups is 1. The lowest BCUT2D eigenvalue weighted by molar-refractivity contribution is -0.159. The Bertz CT molecular complexity index is 1560. The average molecular weight is 784 g/mol. The Balaban J connectivity index is 1.51. The van der Waals surface area contributed by atoms with Crippen molar-refractivity contribution in [2.45, 2.75) is 108 Å². The molecular formula is C37H49Cl3N4O8. The number of amides is 3. The molecule has 3 rings (SSSR count). The number of carbonyl (C=O) groups is 5. The number of rotatable bonds is 13. The van der Waals surface area contributed by atoms with E-state index in [4.69, 9.17) is 49.0 Å². The van der Waals surface area contributed by atoms with Crippen LogP contribution in [0.2, 0.25) is 0 Å². The van der Waals surface area contributed by atoms with E-state index in [1.165, 1.54) is 11.9 Å². The third-order valence-corrected chi connectivity index (χ3v) is 8.32. The van der Waals surface area contributed by atoms with Crippen LogP contribution in [0.3, 0.4) is 0 Å². The molecule has 1 saturated heterocycles. The maximum atomic E-state index is 13.2. The van der Waals surface area contributed by atoms with E-state index in [2.05, 4.69) is 16.1 Å². The highest BCUT2D eigenvalue weighted by atomic mass is 35.6. The normalized spacial score (nSPS) is 16.7. The van der Waals surface area contributed by atoms with Crippen molar-refractivity contribution in [2.24, 2.45) is 5.92 Å². The second-order valence-corrected chi connectivity index (χ2v) is 16.6. The standard InChI is InChI=1S/C37H49Cl3N4O8/c1-22(2)31(32(46)41-24(4)33(47)44-19-9-12-29(43-44)34(48)50-21-37(38,39)40)51-30(45)18-15-25-13-16-26(17-14-25)28-11-8-10-27(20-28)23(3)42-35(49)52-36(5,6)7/h8,10-11,13-14,16-17,20,22-24,29,31,43H,9,12,15,18-19,21H2,1-7H3,(H,41,46)(H,42,49)/t23-,24+,29+,31+/m1/s1. The van der Waals surface area contributed by atoms with Crippen LogP contribution in [0.15, 0.2) is 48.5 Å². The quantitative estimate of drug-likeness (QED) is 0.120. The zero-order chi connectivity index (χ0) is 38.8. The lowest BCUT2D eigenvalue weighted by atomic mass is 9.98. The molecule has 286 valence electrons. The molecule has 2 aromatic rings. The van der Waals surface area contributed by atoms with Gasteiger partial charge in [0.05, 0.1) is 6.04 Å². The third kappa shape index (κ3) is 14.1. The van der Waals surface area contributed by atoms with E-state index in [1.807, 2.05) is 76.2 Å². The largest absolute Gasteiger partial charge is 0.460 e. The molecule has 1 aliphatic rings. The molecule has 0 unspecified atom stereocenters. The number of carbonyl (C=O) groups excluding carboxylic acids is 5. The van der Waals surface area contributed by atoms with Crippen LogP contribution in [0.4, 0.5) is 4.79 Å². The number of benzene rings is 2. The SMILES string of the molecule is CC(C)[C@H](OC(=O)CCc1ccc(-c2cccc([C@@H](C)NC(=O)OC(C)(C)C)c2)cc1)C(=O)N[C@@H](C)C(=O)N1CCC[C@@H](C(=O)OCC(Cl)(Cl)Cl)N1. The van der Waals surface area contributed by atoms with Crippen LogP contribution in [-0.2, 0) is 39.8 Å². The van der Waals surface area contributed by atoms with Gasteiger partial charge in [-0.25, -0.2) is 10.2 Å². The first-order chi connectivity index (χ1) is 24.2. The van der Waals surface area contributed by atoms with Crippen LogP contribution in [-0.4, -0.2) is 75.6 Å². The van der Waals surface area contributed by atoms with Gasteiger partial charge in [-0.2, -0.15) is 0 Å². The first-order valence-corrected chi connectivity index (χ1v) is 18.4. The molecule has 1 aliphatic heterocycles. The summed E-state index contributed by atoms with van der Waals surface area (Å²) in [7, 11) is 0. The number of alkyl halides is 3. The van der Waals surface area contributed by atoms with Gasteiger partial charge < -0.3 is 24.8 Å². The van der Waals surface area contributed by atoms with E-state index in [0.717, 1.165) is 22.3 Å². The highest BCUT2D eigenvalue weighted by Gasteiger charge is 2.34. The monoisotopic (exact) mass is 782 g/mol. The lowest BCUT2D eigenvalue weighted by Crippen LogP contribution is -2.60. The molecule has 0 aliphatic carbocycles. The van der Waals surface area contributed by atoms with Crippen LogP contribution in [0.25, 0.3) is 11.1 Å². The van der Waals surface area contributed by atoms with Gasteiger partial charge in [0.15, 0.2) is 6.10 Å². The fraction of sp³-hybridized carbons (Fsp3) is 0.541. The van der Waals surface area contributed by atoms with Gasteiger partial charge in [-0.05, 0) is 88.1 Å². The maximum Gasteiger partial charge on any atom is 0.408 e. The van der Waals surface area contributed by atoms with Crippen molar-refractivity contribution in [1.29, 1.82) is 0 Å². The Morgan fingerprint density at radius 1 is 0.942 bits per heavy atom. The minimum atomic E-state index is -1.76. The molecule has 52 heavy (non-hydrogen) atoms. The Hall–Kier alpha value is -3.58. The smallest absolute Gasteiger partial charge is 0.408 e. The number of esters is 2. The molecule has 0 aromatic heterocycles. The molecule has 1 heterocycles. The van der Waals surface area contributed by atoms with Gasteiger partial charge >= 0.3 is 18.0 Å². The fourth-order valence-corrected chi connectivity index (χ4v) is 5.48. The predicted molar refractivity (Wildman–Crippen MR) is 199 cm³/mol. The zero-order valence-electron chi connectivity index (χ0n) is 30.6. The minimum Gasteiger partial charge on any atom is -0.460 e. The van der Waals surface area contributed by atoms with E-state index in [0.29, 0.717) is 25.8 Å². The van der Waals surface area contributed by atoms with Crippen LogP contribution in [0, 0.1) is 5.92 Å². The van der Waals surface area contributed by atoms with Crippen molar-refractivity contribution in [3.05, 3.63) is 59.7 Å². The number of ether oxygens (including phenoxy) is 3. The van der Waals surface area contributed by atoms with Gasteiger partial charge in [-0.3, -0.25) is 24.2 Å². The Labute approximate surface area is 320 Å². The van der Waals surface area contributed by atoms with Crippen LogP contribution < -0.4 is 16.1 Å². The maximum absolute atomic E-state index is 13.2. The van der Waals surface area contributed by atoms with E-state index in [9.17, 15) is 24.0 Å². The molecule has 2 aromatic carbocycles. The van der Waals surface area contributed by atoms with Gasteiger partial charge in [-0.15, -0.1) is 0 Å². The molecule has 15 heteroatoms. The van der Waals surface area contributed by atoms with Gasteiger partial charge in [0.2, 0.25) is 3.79 Å². The van der Waals surface area contributed by atoms with E-state index in [-0.39, 0.29) is 18.4 Å². The number of alkyl carbamates (subject to hydrolysis) is 1. The van der Waals surface area contributed by atoms with Gasteiger partial charge in [0.1, 0.15) is 24.3 Å². The predicted octanol–water partition coefficient (Wildman–Crippen LogP) is 6.35. The Kier molecular flexibility index (Phi) is 15.6. The number of nitrogens with one attached hydrogen (secondary N) is 3. The van der Waals surface area contributed by atoms with Gasteiger partial charge in [0.25, 0.3) is 11.8 Å². The second kappa shape index (κ2) is 19.0. The van der Waals surface area contributed by atoms with Crippen molar-refractivity contribution in [3.63, 3.8) is 0 Å². The molecule has 1 fully saturated rings. The van der Waals surface area contributed by atoms with E-state index >= 15 is 0 Å². The summed E-state index contributed by atoms with van der Waals surface area (Å²) in [6.45, 7) is 12.2. The molecular weight excluding hydrogens is 735 g/mol. The highest BCUT2D eigenvalue weighted by Crippen LogP contribution is 2.27. The van der Waals surface area contributed by atoms with E-state index in [1.54, 1.807) is 13.8 Å². The van der Waals surface area contributed by atoms with Gasteiger partial charge in [0, 0.05) is 13.0 Å². The lowest BCUT2D eigenvalue weighted by Gasteiger charge is -2.34. The summed E-state index contributed by atoms with van der Waals surface area (Å²) in [5.74, 6) is -2.68. The average Bonchev–Trinajstić information content (AvgIpc) is 3.07. The summed E-state index contributed by atoms with van der Waals surface area (Å²) in [6.07, 6.45) is -0.264. The van der Waals surface area contributed by atoms with Crippen LogP contribution in [0.5, 0.6) is 0 Å². The first-order valence-electron chi connectivity index (χ1n) is 17.2.